The lowest BCUT2D eigenvalue weighted by Crippen LogP contribution is -2.08. The molecule has 0 bridgehead atoms. The first-order valence-corrected chi connectivity index (χ1v) is 6.26. The number of nitrogens with zero attached hydrogens (tertiary/aromatic N) is 1. The van der Waals surface area contributed by atoms with E-state index in [0.717, 1.165) is 22.6 Å². The van der Waals surface area contributed by atoms with E-state index in [2.05, 4.69) is 10.3 Å². The molecule has 0 saturated heterocycles. The number of para-hydroxylation sites is 1. The number of benzene rings is 1. The minimum Gasteiger partial charge on any atom is -0.464 e. The van der Waals surface area contributed by atoms with Gasteiger partial charge in [0.25, 0.3) is 0 Å². The molecule has 3 nitrogen and oxygen atoms in total. The molecule has 0 unspecified atom stereocenters. The van der Waals surface area contributed by atoms with Crippen LogP contribution in [0.25, 0.3) is 11.0 Å². The van der Waals surface area contributed by atoms with Crippen LogP contribution in [0.2, 0.25) is 0 Å². The van der Waals surface area contributed by atoms with Crippen LogP contribution in [-0.2, 0) is 12.7 Å². The van der Waals surface area contributed by atoms with Gasteiger partial charge in [0.05, 0.1) is 18.1 Å². The van der Waals surface area contributed by atoms with Crippen LogP contribution in [0.4, 0.5) is 18.9 Å². The SMILES string of the molecule is FC(F)(F)c1ccc(NCc2coc3ccccc23)cn1. The summed E-state index contributed by atoms with van der Waals surface area (Å²) in [4.78, 5) is 3.40. The summed E-state index contributed by atoms with van der Waals surface area (Å²) in [6, 6.07) is 9.89. The number of halogens is 3. The van der Waals surface area contributed by atoms with E-state index in [9.17, 15) is 13.2 Å². The summed E-state index contributed by atoms with van der Waals surface area (Å²) in [7, 11) is 0. The van der Waals surface area contributed by atoms with Crippen molar-refractivity contribution >= 4 is 16.7 Å². The first kappa shape index (κ1) is 13.5. The van der Waals surface area contributed by atoms with Gasteiger partial charge in [-0.1, -0.05) is 18.2 Å². The average molecular weight is 292 g/mol. The van der Waals surface area contributed by atoms with E-state index in [1.807, 2.05) is 24.3 Å². The van der Waals surface area contributed by atoms with Crippen molar-refractivity contribution in [3.05, 3.63) is 60.1 Å². The third-order valence-electron chi connectivity index (χ3n) is 3.10. The fraction of sp³-hybridized carbons (Fsp3) is 0.133. The number of furan rings is 1. The average Bonchev–Trinajstić information content (AvgIpc) is 2.88. The third-order valence-corrected chi connectivity index (χ3v) is 3.10. The lowest BCUT2D eigenvalue weighted by Gasteiger charge is -2.08. The molecule has 0 spiro atoms. The van der Waals surface area contributed by atoms with Crippen molar-refractivity contribution in [2.24, 2.45) is 0 Å². The fourth-order valence-electron chi connectivity index (χ4n) is 2.03. The molecule has 3 rings (SSSR count). The van der Waals surface area contributed by atoms with E-state index in [0.29, 0.717) is 12.2 Å². The summed E-state index contributed by atoms with van der Waals surface area (Å²) < 4.78 is 42.6. The molecule has 6 heteroatoms. The zero-order chi connectivity index (χ0) is 14.9. The van der Waals surface area contributed by atoms with Crippen molar-refractivity contribution in [3.8, 4) is 0 Å². The van der Waals surface area contributed by atoms with Crippen LogP contribution >= 0.6 is 0 Å². The van der Waals surface area contributed by atoms with E-state index in [1.54, 1.807) is 6.26 Å². The number of hydrogen-bond donors (Lipinski definition) is 1. The predicted molar refractivity (Wildman–Crippen MR) is 72.8 cm³/mol. The van der Waals surface area contributed by atoms with Crippen molar-refractivity contribution in [1.29, 1.82) is 0 Å². The molecule has 0 aliphatic rings. The molecule has 0 saturated carbocycles. The van der Waals surface area contributed by atoms with Gasteiger partial charge in [-0.3, -0.25) is 0 Å². The number of rotatable bonds is 3. The minimum absolute atomic E-state index is 0.448. The van der Waals surface area contributed by atoms with Crippen LogP contribution in [0.3, 0.4) is 0 Å². The van der Waals surface area contributed by atoms with Gasteiger partial charge in [0.2, 0.25) is 0 Å². The number of alkyl halides is 3. The molecule has 0 aliphatic carbocycles. The Kier molecular flexibility index (Phi) is 3.29. The summed E-state index contributed by atoms with van der Waals surface area (Å²) in [5.41, 5.74) is 1.33. The van der Waals surface area contributed by atoms with Crippen molar-refractivity contribution in [2.75, 3.05) is 5.32 Å². The van der Waals surface area contributed by atoms with Crippen LogP contribution in [-0.4, -0.2) is 4.98 Å². The van der Waals surface area contributed by atoms with Gasteiger partial charge in [0, 0.05) is 17.5 Å². The molecule has 0 aliphatic heterocycles. The normalized spacial score (nSPS) is 11.8. The molecule has 2 heterocycles. The summed E-state index contributed by atoms with van der Waals surface area (Å²) in [5, 5.41) is 4.00. The highest BCUT2D eigenvalue weighted by Crippen LogP contribution is 2.28. The molecule has 2 aromatic heterocycles. The van der Waals surface area contributed by atoms with Gasteiger partial charge in [0.1, 0.15) is 11.3 Å². The number of nitrogens with one attached hydrogen (secondary N) is 1. The number of hydrogen-bond acceptors (Lipinski definition) is 3. The summed E-state index contributed by atoms with van der Waals surface area (Å²) in [5.74, 6) is 0. The van der Waals surface area contributed by atoms with Crippen LogP contribution in [0.5, 0.6) is 0 Å². The summed E-state index contributed by atoms with van der Waals surface area (Å²) in [6.07, 6.45) is -1.61. The molecule has 1 N–H and O–H groups in total. The van der Waals surface area contributed by atoms with Crippen molar-refractivity contribution in [3.63, 3.8) is 0 Å². The molecular weight excluding hydrogens is 281 g/mol. The summed E-state index contributed by atoms with van der Waals surface area (Å²) in [6.45, 7) is 0.448. The van der Waals surface area contributed by atoms with E-state index in [1.165, 1.54) is 12.3 Å². The van der Waals surface area contributed by atoms with Crippen LogP contribution < -0.4 is 5.32 Å². The number of anilines is 1. The lowest BCUT2D eigenvalue weighted by atomic mass is 10.2. The van der Waals surface area contributed by atoms with E-state index < -0.39 is 11.9 Å². The van der Waals surface area contributed by atoms with Crippen molar-refractivity contribution in [1.82, 2.24) is 4.98 Å². The second-order valence-corrected chi connectivity index (χ2v) is 4.54. The molecule has 108 valence electrons. The minimum atomic E-state index is -4.42. The fourth-order valence-corrected chi connectivity index (χ4v) is 2.03. The Morgan fingerprint density at radius 1 is 1.10 bits per heavy atom. The Morgan fingerprint density at radius 3 is 2.62 bits per heavy atom. The molecule has 0 atom stereocenters. The topological polar surface area (TPSA) is 38.1 Å². The Labute approximate surface area is 118 Å². The Balaban J connectivity index is 1.73. The second kappa shape index (κ2) is 5.12. The van der Waals surface area contributed by atoms with Gasteiger partial charge in [-0.15, -0.1) is 0 Å². The highest BCUT2D eigenvalue weighted by molar-refractivity contribution is 5.81. The van der Waals surface area contributed by atoms with E-state index in [4.69, 9.17) is 4.42 Å². The molecule has 0 fully saturated rings. The number of aromatic nitrogens is 1. The van der Waals surface area contributed by atoms with Crippen LogP contribution in [0, 0.1) is 0 Å². The summed E-state index contributed by atoms with van der Waals surface area (Å²) >= 11 is 0. The Bertz CT molecular complexity index is 747. The Hall–Kier alpha value is -2.50. The van der Waals surface area contributed by atoms with Gasteiger partial charge in [-0.2, -0.15) is 13.2 Å². The molecule has 1 aromatic carbocycles. The maximum Gasteiger partial charge on any atom is 0.433 e. The molecule has 0 radical (unpaired) electrons. The smallest absolute Gasteiger partial charge is 0.433 e. The second-order valence-electron chi connectivity index (χ2n) is 4.54. The quantitative estimate of drug-likeness (QED) is 0.774. The third kappa shape index (κ3) is 2.84. The van der Waals surface area contributed by atoms with Gasteiger partial charge in [0.15, 0.2) is 0 Å². The van der Waals surface area contributed by atoms with Crippen LogP contribution in [0.15, 0.2) is 53.3 Å². The number of fused-ring (bicyclic) bond motifs is 1. The molecule has 3 aromatic rings. The highest BCUT2D eigenvalue weighted by atomic mass is 19.4. The monoisotopic (exact) mass is 292 g/mol. The Morgan fingerprint density at radius 2 is 1.90 bits per heavy atom. The van der Waals surface area contributed by atoms with Gasteiger partial charge < -0.3 is 9.73 Å². The van der Waals surface area contributed by atoms with Gasteiger partial charge in [-0.25, -0.2) is 4.98 Å². The van der Waals surface area contributed by atoms with Crippen molar-refractivity contribution < 1.29 is 17.6 Å². The largest absolute Gasteiger partial charge is 0.464 e. The first-order valence-electron chi connectivity index (χ1n) is 6.26. The van der Waals surface area contributed by atoms with Gasteiger partial charge >= 0.3 is 6.18 Å². The van der Waals surface area contributed by atoms with E-state index in [-0.39, 0.29) is 0 Å². The lowest BCUT2D eigenvalue weighted by molar-refractivity contribution is -0.141. The standard InChI is InChI=1S/C15H11F3N2O/c16-15(17,18)14-6-5-11(8-20-14)19-7-10-9-21-13-4-2-1-3-12(10)13/h1-6,8-9,19H,7H2. The molecule has 0 amide bonds. The first-order chi connectivity index (χ1) is 10.0. The van der Waals surface area contributed by atoms with Crippen molar-refractivity contribution in [2.45, 2.75) is 12.7 Å². The van der Waals surface area contributed by atoms with Gasteiger partial charge in [-0.05, 0) is 18.2 Å². The van der Waals surface area contributed by atoms with Crippen LogP contribution in [0.1, 0.15) is 11.3 Å². The maximum absolute atomic E-state index is 12.4. The highest BCUT2D eigenvalue weighted by Gasteiger charge is 2.31. The molecular formula is C15H11F3N2O. The molecule has 21 heavy (non-hydrogen) atoms. The number of pyridine rings is 1. The zero-order valence-electron chi connectivity index (χ0n) is 10.8. The zero-order valence-corrected chi connectivity index (χ0v) is 10.8. The van der Waals surface area contributed by atoms with E-state index >= 15 is 0 Å². The predicted octanol–water partition coefficient (Wildman–Crippen LogP) is 4.46. The maximum atomic E-state index is 12.4.